The molecule has 27 heavy (non-hydrogen) atoms. The Balaban J connectivity index is 1.74. The molecule has 146 valence electrons. The highest BCUT2D eigenvalue weighted by atomic mass is 32.2. The molecule has 6 nitrogen and oxygen atoms in total. The van der Waals surface area contributed by atoms with E-state index in [0.29, 0.717) is 32.4 Å². The minimum Gasteiger partial charge on any atom is -0.345 e. The minimum atomic E-state index is -0.523. The van der Waals surface area contributed by atoms with Crippen LogP contribution in [0.15, 0.2) is 24.3 Å². The number of benzene rings is 1. The predicted octanol–water partition coefficient (Wildman–Crippen LogP) is 1.78. The van der Waals surface area contributed by atoms with Gasteiger partial charge < -0.3 is 15.1 Å². The van der Waals surface area contributed by atoms with Crippen LogP contribution >= 0.6 is 11.8 Å². The van der Waals surface area contributed by atoms with Gasteiger partial charge in [0.1, 0.15) is 6.04 Å². The second kappa shape index (κ2) is 7.92. The molecule has 2 aliphatic heterocycles. The van der Waals surface area contributed by atoms with E-state index < -0.39 is 11.5 Å². The smallest absolute Gasteiger partial charge is 0.245 e. The summed E-state index contributed by atoms with van der Waals surface area (Å²) in [5, 5.41) is 2.79. The number of nitrogens with one attached hydrogen (secondary N) is 1. The molecule has 1 aromatic carbocycles. The van der Waals surface area contributed by atoms with Crippen molar-refractivity contribution in [3.05, 3.63) is 29.8 Å². The zero-order valence-electron chi connectivity index (χ0n) is 16.2. The first-order valence-corrected chi connectivity index (χ1v) is 10.7. The van der Waals surface area contributed by atoms with E-state index >= 15 is 0 Å². The molecule has 1 fully saturated rings. The summed E-state index contributed by atoms with van der Waals surface area (Å²) >= 11 is 1.66. The summed E-state index contributed by atoms with van der Waals surface area (Å²) in [4.78, 5) is 41.0. The van der Waals surface area contributed by atoms with Gasteiger partial charge in [0, 0.05) is 32.7 Å². The molecule has 7 heteroatoms. The highest BCUT2D eigenvalue weighted by Crippen LogP contribution is 2.47. The topological polar surface area (TPSA) is 69.7 Å². The number of fused-ring (bicyclic) bond motifs is 2. The van der Waals surface area contributed by atoms with Crippen LogP contribution in [0.1, 0.15) is 31.7 Å². The van der Waals surface area contributed by atoms with Crippen molar-refractivity contribution in [2.45, 2.75) is 37.6 Å². The van der Waals surface area contributed by atoms with Crippen molar-refractivity contribution in [3.8, 4) is 0 Å². The summed E-state index contributed by atoms with van der Waals surface area (Å²) in [6, 6.07) is 7.45. The number of hydrogen-bond donors (Lipinski definition) is 1. The number of thioether (sulfide) groups is 1. The van der Waals surface area contributed by atoms with E-state index in [4.69, 9.17) is 0 Å². The van der Waals surface area contributed by atoms with Gasteiger partial charge in [-0.2, -0.15) is 11.8 Å². The van der Waals surface area contributed by atoms with E-state index in [2.05, 4.69) is 5.32 Å². The Bertz CT molecular complexity index is 744. The van der Waals surface area contributed by atoms with E-state index in [0.717, 1.165) is 17.0 Å². The van der Waals surface area contributed by atoms with Gasteiger partial charge in [-0.25, -0.2) is 0 Å². The van der Waals surface area contributed by atoms with Crippen LogP contribution in [0.4, 0.5) is 5.69 Å². The number of para-hydroxylation sites is 1. The molecule has 1 N–H and O–H groups in total. The van der Waals surface area contributed by atoms with Gasteiger partial charge in [-0.1, -0.05) is 18.2 Å². The number of anilines is 1. The van der Waals surface area contributed by atoms with Crippen molar-refractivity contribution >= 4 is 35.2 Å². The number of nitrogens with zero attached hydrogens (tertiary/aromatic N) is 2. The maximum Gasteiger partial charge on any atom is 0.245 e. The van der Waals surface area contributed by atoms with Gasteiger partial charge in [-0.05, 0) is 42.9 Å². The van der Waals surface area contributed by atoms with Gasteiger partial charge in [0.05, 0.1) is 5.41 Å². The first-order chi connectivity index (χ1) is 12.9. The van der Waals surface area contributed by atoms with Crippen molar-refractivity contribution < 1.29 is 14.4 Å². The highest BCUT2D eigenvalue weighted by molar-refractivity contribution is 7.98. The van der Waals surface area contributed by atoms with Gasteiger partial charge in [-0.3, -0.25) is 14.4 Å². The molecular formula is C20H27N3O3S. The second-order valence-electron chi connectivity index (χ2n) is 7.32. The lowest BCUT2D eigenvalue weighted by Gasteiger charge is -2.39. The Kier molecular flexibility index (Phi) is 5.79. The molecule has 0 radical (unpaired) electrons. The number of hydrogen-bond acceptors (Lipinski definition) is 4. The van der Waals surface area contributed by atoms with Crippen LogP contribution in [0.25, 0.3) is 0 Å². The van der Waals surface area contributed by atoms with E-state index in [1.54, 1.807) is 21.6 Å². The maximum atomic E-state index is 13.0. The van der Waals surface area contributed by atoms with Crippen LogP contribution in [0.2, 0.25) is 0 Å². The molecule has 1 aromatic rings. The molecule has 3 amide bonds. The number of carbonyl (C=O) groups excluding carboxylic acids is 3. The molecule has 0 aromatic heterocycles. The Labute approximate surface area is 164 Å². The third-order valence-corrected chi connectivity index (χ3v) is 6.35. The zero-order valence-corrected chi connectivity index (χ0v) is 17.0. The largest absolute Gasteiger partial charge is 0.345 e. The lowest BCUT2D eigenvalue weighted by molar-refractivity contribution is -0.139. The average molecular weight is 390 g/mol. The van der Waals surface area contributed by atoms with Gasteiger partial charge >= 0.3 is 0 Å². The standard InChI is InChI=1S/C20H27N3O3S/c1-14(24)21-16(8-13-27-3)18(25)23-11-9-20(10-12-23)15-6-4-5-7-17(15)22(2)19(20)26/h4-7,16H,8-13H2,1-3H3,(H,21,24)/t16-/m0/s1. The molecule has 1 atom stereocenters. The molecule has 0 unspecified atom stereocenters. The first-order valence-electron chi connectivity index (χ1n) is 9.33. The van der Waals surface area contributed by atoms with E-state index in [9.17, 15) is 14.4 Å². The Hall–Kier alpha value is -2.02. The monoisotopic (exact) mass is 389 g/mol. The van der Waals surface area contributed by atoms with Gasteiger partial charge in [0.2, 0.25) is 17.7 Å². The second-order valence-corrected chi connectivity index (χ2v) is 8.31. The predicted molar refractivity (Wildman–Crippen MR) is 108 cm³/mol. The summed E-state index contributed by atoms with van der Waals surface area (Å²) in [6.45, 7) is 2.50. The minimum absolute atomic E-state index is 0.0406. The summed E-state index contributed by atoms with van der Waals surface area (Å²) in [6.07, 6.45) is 3.84. The van der Waals surface area contributed by atoms with Crippen LogP contribution in [0, 0.1) is 0 Å². The Morgan fingerprint density at radius 3 is 2.56 bits per heavy atom. The van der Waals surface area contributed by atoms with Gasteiger partial charge in [-0.15, -0.1) is 0 Å². The lowest BCUT2D eigenvalue weighted by atomic mass is 9.73. The molecule has 2 aliphatic rings. The third kappa shape index (κ3) is 3.57. The van der Waals surface area contributed by atoms with Crippen LogP contribution in [-0.2, 0) is 19.8 Å². The SMILES string of the molecule is CSCC[C@H](NC(C)=O)C(=O)N1CCC2(CC1)C(=O)N(C)c1ccccc12. The summed E-state index contributed by atoms with van der Waals surface area (Å²) in [5.41, 5.74) is 1.52. The fourth-order valence-electron chi connectivity index (χ4n) is 4.27. The van der Waals surface area contributed by atoms with Crippen LogP contribution in [-0.4, -0.2) is 60.8 Å². The molecule has 2 heterocycles. The third-order valence-electron chi connectivity index (χ3n) is 5.71. The quantitative estimate of drug-likeness (QED) is 0.833. The molecule has 1 spiro atoms. The van der Waals surface area contributed by atoms with Crippen molar-refractivity contribution in [2.24, 2.45) is 0 Å². The van der Waals surface area contributed by atoms with Crippen molar-refractivity contribution in [2.75, 3.05) is 37.0 Å². The number of amides is 3. The molecule has 0 saturated carbocycles. The number of likely N-dealkylation sites (N-methyl/N-ethyl adjacent to an activating group) is 1. The zero-order chi connectivity index (χ0) is 19.6. The lowest BCUT2D eigenvalue weighted by Crippen LogP contribution is -2.54. The normalized spacial score (nSPS) is 19.1. The Morgan fingerprint density at radius 1 is 1.26 bits per heavy atom. The van der Waals surface area contributed by atoms with E-state index in [-0.39, 0.29) is 17.7 Å². The average Bonchev–Trinajstić information content (AvgIpc) is 2.88. The van der Waals surface area contributed by atoms with Crippen LogP contribution in [0.3, 0.4) is 0 Å². The van der Waals surface area contributed by atoms with E-state index in [1.165, 1.54) is 6.92 Å². The number of piperidine rings is 1. The summed E-state index contributed by atoms with van der Waals surface area (Å²) in [7, 11) is 1.82. The number of likely N-dealkylation sites (tertiary alicyclic amines) is 1. The Morgan fingerprint density at radius 2 is 1.93 bits per heavy atom. The number of carbonyl (C=O) groups is 3. The van der Waals surface area contributed by atoms with Crippen molar-refractivity contribution in [1.29, 1.82) is 0 Å². The molecule has 0 bridgehead atoms. The summed E-state index contributed by atoms with van der Waals surface area (Å²) < 4.78 is 0. The fourth-order valence-corrected chi connectivity index (χ4v) is 4.74. The van der Waals surface area contributed by atoms with Crippen LogP contribution < -0.4 is 10.2 Å². The van der Waals surface area contributed by atoms with Gasteiger partial charge in [0.15, 0.2) is 0 Å². The van der Waals surface area contributed by atoms with E-state index in [1.807, 2.05) is 37.6 Å². The highest BCUT2D eigenvalue weighted by Gasteiger charge is 2.51. The molecule has 3 rings (SSSR count). The first kappa shape index (κ1) is 19.7. The number of rotatable bonds is 5. The maximum absolute atomic E-state index is 13.0. The fraction of sp³-hybridized carbons (Fsp3) is 0.550. The molecular weight excluding hydrogens is 362 g/mol. The van der Waals surface area contributed by atoms with Crippen molar-refractivity contribution in [1.82, 2.24) is 10.2 Å². The summed E-state index contributed by atoms with van der Waals surface area (Å²) in [5.74, 6) is 0.702. The van der Waals surface area contributed by atoms with Crippen LogP contribution in [0.5, 0.6) is 0 Å². The molecule has 1 saturated heterocycles. The molecule has 0 aliphatic carbocycles. The van der Waals surface area contributed by atoms with Crippen molar-refractivity contribution in [3.63, 3.8) is 0 Å². The van der Waals surface area contributed by atoms with Gasteiger partial charge in [0.25, 0.3) is 0 Å².